The summed E-state index contributed by atoms with van der Waals surface area (Å²) in [4.78, 5) is 0. The third kappa shape index (κ3) is 3.65. The molecule has 1 nitrogen and oxygen atoms in total. The summed E-state index contributed by atoms with van der Waals surface area (Å²) in [6.45, 7) is 7.39. The molecular weight excluding hydrogens is 280 g/mol. The van der Waals surface area contributed by atoms with Gasteiger partial charge in [-0.1, -0.05) is 59.3 Å². The van der Waals surface area contributed by atoms with Gasteiger partial charge in [-0.05, 0) is 73.5 Å². The first kappa shape index (κ1) is 17.8. The van der Waals surface area contributed by atoms with E-state index in [2.05, 4.69) is 20.8 Å². The topological polar surface area (TPSA) is 20.2 Å². The fourth-order valence-electron chi connectivity index (χ4n) is 6.86. The summed E-state index contributed by atoms with van der Waals surface area (Å²) in [5.41, 5.74) is 0.537. The minimum absolute atomic E-state index is 0.00752. The Bertz CT molecular complexity index is 378. The molecule has 3 aliphatic rings. The molecule has 134 valence electrons. The first-order valence-corrected chi connectivity index (χ1v) is 10.7. The van der Waals surface area contributed by atoms with Crippen LogP contribution in [0.4, 0.5) is 0 Å². The van der Waals surface area contributed by atoms with Crippen molar-refractivity contribution in [1.82, 2.24) is 0 Å². The van der Waals surface area contributed by atoms with Crippen LogP contribution in [0.25, 0.3) is 0 Å². The van der Waals surface area contributed by atoms with E-state index >= 15 is 0 Å². The zero-order valence-corrected chi connectivity index (χ0v) is 15.9. The lowest BCUT2D eigenvalue weighted by atomic mass is 9.59. The molecule has 3 rings (SSSR count). The lowest BCUT2D eigenvalue weighted by molar-refractivity contribution is -0.0473. The van der Waals surface area contributed by atoms with Gasteiger partial charge < -0.3 is 5.11 Å². The van der Waals surface area contributed by atoms with E-state index in [1.807, 2.05) is 0 Å². The second kappa shape index (κ2) is 7.46. The van der Waals surface area contributed by atoms with Crippen molar-refractivity contribution in [2.45, 2.75) is 104 Å². The van der Waals surface area contributed by atoms with Gasteiger partial charge in [-0.25, -0.2) is 0 Å². The fraction of sp³-hybridized carbons (Fsp3) is 1.00. The van der Waals surface area contributed by atoms with Crippen LogP contribution in [0.1, 0.15) is 97.8 Å². The van der Waals surface area contributed by atoms with Crippen molar-refractivity contribution in [3.63, 3.8) is 0 Å². The van der Waals surface area contributed by atoms with Crippen LogP contribution >= 0.6 is 0 Å². The van der Waals surface area contributed by atoms with E-state index in [0.717, 1.165) is 30.1 Å². The van der Waals surface area contributed by atoms with E-state index in [1.54, 1.807) is 0 Å². The SMILES string of the molecule is CCC1CCC2C(CCC3CCCCC(C)C3)[C@@H](O)CCC12C. The highest BCUT2D eigenvalue weighted by Gasteiger charge is 2.52. The quantitative estimate of drug-likeness (QED) is 0.612. The normalized spacial score (nSPS) is 48.0. The molecule has 0 aromatic rings. The van der Waals surface area contributed by atoms with Crippen LogP contribution in [0.5, 0.6) is 0 Å². The number of rotatable bonds is 4. The summed E-state index contributed by atoms with van der Waals surface area (Å²) < 4.78 is 0. The van der Waals surface area contributed by atoms with Crippen LogP contribution in [0.3, 0.4) is 0 Å². The number of hydrogen-bond donors (Lipinski definition) is 1. The van der Waals surface area contributed by atoms with Gasteiger partial charge in [0.05, 0.1) is 6.10 Å². The molecule has 0 radical (unpaired) electrons. The van der Waals surface area contributed by atoms with E-state index in [0.29, 0.717) is 11.3 Å². The van der Waals surface area contributed by atoms with Crippen molar-refractivity contribution in [3.8, 4) is 0 Å². The predicted octanol–water partition coefficient (Wildman–Crippen LogP) is 6.20. The van der Waals surface area contributed by atoms with E-state index in [4.69, 9.17) is 0 Å². The van der Waals surface area contributed by atoms with Crippen LogP contribution < -0.4 is 0 Å². The van der Waals surface area contributed by atoms with E-state index in [9.17, 15) is 5.11 Å². The molecule has 0 bridgehead atoms. The summed E-state index contributed by atoms with van der Waals surface area (Å²) in [6.07, 6.45) is 16.4. The Kier molecular flexibility index (Phi) is 5.76. The number of aliphatic hydroxyl groups is 1. The van der Waals surface area contributed by atoms with Gasteiger partial charge in [0.25, 0.3) is 0 Å². The average Bonchev–Trinajstić information content (AvgIpc) is 2.72. The van der Waals surface area contributed by atoms with Gasteiger partial charge in [-0.2, -0.15) is 0 Å². The Labute approximate surface area is 144 Å². The maximum atomic E-state index is 10.7. The molecule has 0 spiro atoms. The Morgan fingerprint density at radius 2 is 1.78 bits per heavy atom. The van der Waals surface area contributed by atoms with Crippen LogP contribution in [0, 0.1) is 35.0 Å². The molecule has 0 heterocycles. The molecule has 0 aromatic carbocycles. The van der Waals surface area contributed by atoms with Gasteiger partial charge in [0.15, 0.2) is 0 Å². The second-order valence-electron chi connectivity index (χ2n) is 9.63. The largest absolute Gasteiger partial charge is 0.393 e. The van der Waals surface area contributed by atoms with E-state index in [-0.39, 0.29) is 6.10 Å². The second-order valence-corrected chi connectivity index (χ2v) is 9.63. The van der Waals surface area contributed by atoms with Gasteiger partial charge in [-0.3, -0.25) is 0 Å². The Hall–Kier alpha value is -0.0400. The minimum atomic E-state index is -0.00752. The highest BCUT2D eigenvalue weighted by atomic mass is 16.3. The maximum absolute atomic E-state index is 10.7. The summed E-state index contributed by atoms with van der Waals surface area (Å²) in [7, 11) is 0. The lowest BCUT2D eigenvalue weighted by Crippen LogP contribution is -2.43. The zero-order chi connectivity index (χ0) is 16.4. The van der Waals surface area contributed by atoms with Crippen molar-refractivity contribution in [2.75, 3.05) is 0 Å². The van der Waals surface area contributed by atoms with Gasteiger partial charge in [0, 0.05) is 0 Å². The highest BCUT2D eigenvalue weighted by molar-refractivity contribution is 5.02. The number of fused-ring (bicyclic) bond motifs is 1. The fourth-order valence-corrected chi connectivity index (χ4v) is 6.86. The van der Waals surface area contributed by atoms with E-state index in [1.165, 1.54) is 70.6 Å². The maximum Gasteiger partial charge on any atom is 0.0571 e. The third-order valence-corrected chi connectivity index (χ3v) is 8.29. The van der Waals surface area contributed by atoms with Crippen LogP contribution in [-0.4, -0.2) is 11.2 Å². The third-order valence-electron chi connectivity index (χ3n) is 8.29. The minimum Gasteiger partial charge on any atom is -0.393 e. The van der Waals surface area contributed by atoms with Gasteiger partial charge in [-0.15, -0.1) is 0 Å². The number of hydrogen-bond acceptors (Lipinski definition) is 1. The molecule has 0 aromatic heterocycles. The molecule has 3 saturated carbocycles. The summed E-state index contributed by atoms with van der Waals surface area (Å²) in [6, 6.07) is 0. The molecular formula is C22H40O. The van der Waals surface area contributed by atoms with Crippen LogP contribution in [-0.2, 0) is 0 Å². The molecule has 1 N–H and O–H groups in total. The Balaban J connectivity index is 1.61. The molecule has 0 saturated heterocycles. The molecule has 0 aliphatic heterocycles. The molecule has 3 aliphatic carbocycles. The Morgan fingerprint density at radius 3 is 2.57 bits per heavy atom. The Morgan fingerprint density at radius 1 is 1.00 bits per heavy atom. The van der Waals surface area contributed by atoms with Crippen LogP contribution in [0.15, 0.2) is 0 Å². The van der Waals surface area contributed by atoms with Crippen LogP contribution in [0.2, 0.25) is 0 Å². The van der Waals surface area contributed by atoms with Crippen molar-refractivity contribution in [3.05, 3.63) is 0 Å². The first-order valence-electron chi connectivity index (χ1n) is 10.7. The van der Waals surface area contributed by atoms with Crippen molar-refractivity contribution in [1.29, 1.82) is 0 Å². The molecule has 1 heteroatoms. The molecule has 6 unspecified atom stereocenters. The molecule has 0 amide bonds. The zero-order valence-electron chi connectivity index (χ0n) is 15.9. The van der Waals surface area contributed by atoms with Gasteiger partial charge in [0.2, 0.25) is 0 Å². The van der Waals surface area contributed by atoms with E-state index < -0.39 is 0 Å². The standard InChI is InChI=1S/C22H40O/c1-4-18-10-12-20-19(21(23)13-14-22(18,20)3)11-9-17-8-6-5-7-16(2)15-17/h16-21,23H,4-15H2,1-3H3/t16?,17?,18?,19?,20?,21-,22?/m0/s1. The van der Waals surface area contributed by atoms with Crippen molar-refractivity contribution in [2.24, 2.45) is 35.0 Å². The smallest absolute Gasteiger partial charge is 0.0571 e. The summed E-state index contributed by atoms with van der Waals surface area (Å²) in [5.74, 6) is 4.19. The average molecular weight is 321 g/mol. The van der Waals surface area contributed by atoms with Crippen molar-refractivity contribution < 1.29 is 5.11 Å². The first-order chi connectivity index (χ1) is 11.0. The number of aliphatic hydroxyl groups excluding tert-OH is 1. The predicted molar refractivity (Wildman–Crippen MR) is 98.3 cm³/mol. The summed E-state index contributed by atoms with van der Waals surface area (Å²) >= 11 is 0. The molecule has 23 heavy (non-hydrogen) atoms. The highest BCUT2D eigenvalue weighted by Crippen LogP contribution is 2.59. The van der Waals surface area contributed by atoms with Crippen molar-refractivity contribution >= 4 is 0 Å². The molecule has 7 atom stereocenters. The summed E-state index contributed by atoms with van der Waals surface area (Å²) in [5, 5.41) is 10.7. The lowest BCUT2D eigenvalue weighted by Gasteiger charge is -2.47. The molecule has 3 fully saturated rings. The monoisotopic (exact) mass is 320 g/mol. The van der Waals surface area contributed by atoms with Gasteiger partial charge >= 0.3 is 0 Å². The van der Waals surface area contributed by atoms with Gasteiger partial charge in [0.1, 0.15) is 0 Å².